The molecule has 2 heterocycles. The first-order valence-corrected chi connectivity index (χ1v) is 15.5. The summed E-state index contributed by atoms with van der Waals surface area (Å²) >= 11 is 0. The molecule has 3 unspecified atom stereocenters. The molecule has 0 N–H and O–H groups in total. The topological polar surface area (TPSA) is 25.1 Å². The quantitative estimate of drug-likeness (QED) is 0.105. The van der Waals surface area contributed by atoms with Gasteiger partial charge in [-0.25, -0.2) is 0 Å². The van der Waals surface area contributed by atoms with E-state index in [-0.39, 0.29) is 17.3 Å². The van der Waals surface area contributed by atoms with Crippen molar-refractivity contribution in [2.24, 2.45) is 0 Å². The van der Waals surface area contributed by atoms with Gasteiger partial charge in [-0.1, -0.05) is 131 Å². The Morgan fingerprint density at radius 2 is 1.10 bits per heavy atom. The van der Waals surface area contributed by atoms with E-state index in [1.54, 1.807) is 0 Å². The van der Waals surface area contributed by atoms with Crippen molar-refractivity contribution >= 4 is 0 Å². The SMILES string of the molecule is CC(C)=CCC/C(C)=C/C=C/C(C)=C/C=C/C(C)=C/C=C/C=C(C)/C=C/C=C(C)/C=C/C1OC1(C)CCC1OC1(C)C. The predicted octanol–water partition coefficient (Wildman–Crippen LogP) is 11.4. The second-order valence-corrected chi connectivity index (χ2v) is 12.9. The van der Waals surface area contributed by atoms with Crippen LogP contribution in [0.4, 0.5) is 0 Å². The molecule has 2 aliphatic heterocycles. The van der Waals surface area contributed by atoms with Crippen LogP contribution in [-0.4, -0.2) is 23.4 Å². The molecule has 228 valence electrons. The molecule has 2 aliphatic rings. The maximum Gasteiger partial charge on any atom is 0.105 e. The smallest absolute Gasteiger partial charge is 0.105 e. The van der Waals surface area contributed by atoms with Gasteiger partial charge in [-0.15, -0.1) is 0 Å². The van der Waals surface area contributed by atoms with Gasteiger partial charge in [0.25, 0.3) is 0 Å². The third-order valence-electron chi connectivity index (χ3n) is 7.64. The van der Waals surface area contributed by atoms with Crippen molar-refractivity contribution in [2.75, 3.05) is 0 Å². The van der Waals surface area contributed by atoms with Crippen molar-refractivity contribution in [1.29, 1.82) is 0 Å². The van der Waals surface area contributed by atoms with Crippen molar-refractivity contribution < 1.29 is 9.47 Å². The van der Waals surface area contributed by atoms with Gasteiger partial charge in [0.05, 0.1) is 17.3 Å². The van der Waals surface area contributed by atoms with Crippen LogP contribution < -0.4 is 0 Å². The van der Waals surface area contributed by atoms with Gasteiger partial charge < -0.3 is 9.47 Å². The lowest BCUT2D eigenvalue weighted by Crippen LogP contribution is -2.12. The Bertz CT molecular complexity index is 1230. The summed E-state index contributed by atoms with van der Waals surface area (Å²) in [6.07, 6.45) is 39.3. The zero-order valence-corrected chi connectivity index (χ0v) is 28.0. The summed E-state index contributed by atoms with van der Waals surface area (Å²) in [5.74, 6) is 0. The Morgan fingerprint density at radius 1 is 0.619 bits per heavy atom. The zero-order valence-electron chi connectivity index (χ0n) is 28.0. The molecule has 0 bridgehead atoms. The van der Waals surface area contributed by atoms with Crippen molar-refractivity contribution in [2.45, 2.75) is 118 Å². The van der Waals surface area contributed by atoms with Crippen LogP contribution in [0.1, 0.15) is 94.9 Å². The highest BCUT2D eigenvalue weighted by atomic mass is 16.6. The molecule has 42 heavy (non-hydrogen) atoms. The summed E-state index contributed by atoms with van der Waals surface area (Å²) in [6, 6.07) is 0. The van der Waals surface area contributed by atoms with Crippen LogP contribution in [-0.2, 0) is 9.47 Å². The fourth-order valence-corrected chi connectivity index (χ4v) is 4.47. The third kappa shape index (κ3) is 14.8. The number of ether oxygens (including phenoxy) is 2. The van der Waals surface area contributed by atoms with Gasteiger partial charge in [-0.2, -0.15) is 0 Å². The molecular weight excluding hydrogens is 512 g/mol. The highest BCUT2D eigenvalue weighted by Gasteiger charge is 2.54. The van der Waals surface area contributed by atoms with Crippen molar-refractivity contribution in [3.8, 4) is 0 Å². The fourth-order valence-electron chi connectivity index (χ4n) is 4.47. The van der Waals surface area contributed by atoms with E-state index in [4.69, 9.17) is 9.47 Å². The van der Waals surface area contributed by atoms with Crippen molar-refractivity contribution in [3.63, 3.8) is 0 Å². The van der Waals surface area contributed by atoms with Gasteiger partial charge in [0, 0.05) is 0 Å². The van der Waals surface area contributed by atoms with Crippen molar-refractivity contribution in [1.82, 2.24) is 0 Å². The predicted molar refractivity (Wildman–Crippen MR) is 185 cm³/mol. The van der Waals surface area contributed by atoms with E-state index < -0.39 is 0 Å². The monoisotopic (exact) mass is 568 g/mol. The van der Waals surface area contributed by atoms with Crippen molar-refractivity contribution in [3.05, 3.63) is 131 Å². The molecule has 0 aliphatic carbocycles. The first-order chi connectivity index (χ1) is 19.8. The number of hydrogen-bond donors (Lipinski definition) is 0. The van der Waals surface area contributed by atoms with Crippen LogP contribution in [0, 0.1) is 0 Å². The Balaban J connectivity index is 1.72. The lowest BCUT2D eigenvalue weighted by Gasteiger charge is -2.03. The molecule has 0 aromatic rings. The van der Waals surface area contributed by atoms with Gasteiger partial charge in [0.1, 0.15) is 6.10 Å². The lowest BCUT2D eigenvalue weighted by molar-refractivity contribution is 0.278. The molecular formula is C40H56O2. The summed E-state index contributed by atoms with van der Waals surface area (Å²) in [5.41, 5.74) is 7.69. The Kier molecular flexibility index (Phi) is 14.5. The lowest BCUT2D eigenvalue weighted by atomic mass is 9.96. The fraction of sp³-hybridized carbons (Fsp3) is 0.450. The van der Waals surface area contributed by atoms with E-state index in [1.807, 2.05) is 0 Å². The first-order valence-electron chi connectivity index (χ1n) is 15.5. The molecule has 2 heteroatoms. The van der Waals surface area contributed by atoms with E-state index in [9.17, 15) is 0 Å². The van der Waals surface area contributed by atoms with E-state index in [0.29, 0.717) is 6.10 Å². The summed E-state index contributed by atoms with van der Waals surface area (Å²) in [5, 5.41) is 0. The maximum atomic E-state index is 5.96. The van der Waals surface area contributed by atoms with E-state index >= 15 is 0 Å². The molecule has 2 nitrogen and oxygen atoms in total. The average molecular weight is 569 g/mol. The minimum atomic E-state index is -0.0299. The Labute approximate surface area is 258 Å². The molecule has 3 atom stereocenters. The molecule has 0 aromatic heterocycles. The Morgan fingerprint density at radius 3 is 1.60 bits per heavy atom. The van der Waals surface area contributed by atoms with Gasteiger partial charge in [-0.05, 0) is 94.9 Å². The molecule has 0 aromatic carbocycles. The second-order valence-electron chi connectivity index (χ2n) is 12.9. The Hall–Kier alpha value is -2.94. The van der Waals surface area contributed by atoms with Crippen LogP contribution in [0.25, 0.3) is 0 Å². The van der Waals surface area contributed by atoms with Gasteiger partial charge in [0.15, 0.2) is 0 Å². The van der Waals surface area contributed by atoms with Crippen LogP contribution in [0.3, 0.4) is 0 Å². The molecule has 0 amide bonds. The summed E-state index contributed by atoms with van der Waals surface area (Å²) in [4.78, 5) is 0. The summed E-state index contributed by atoms with van der Waals surface area (Å²) in [6.45, 7) is 21.5. The van der Waals surface area contributed by atoms with Crippen LogP contribution >= 0.6 is 0 Å². The number of hydrogen-bond acceptors (Lipinski definition) is 2. The van der Waals surface area contributed by atoms with Gasteiger partial charge in [0.2, 0.25) is 0 Å². The average Bonchev–Trinajstić information content (AvgIpc) is 3.76. The highest BCUT2D eigenvalue weighted by Crippen LogP contribution is 2.46. The van der Waals surface area contributed by atoms with Crippen LogP contribution in [0.2, 0.25) is 0 Å². The summed E-state index contributed by atoms with van der Waals surface area (Å²) < 4.78 is 11.7. The molecule has 2 fully saturated rings. The molecule has 0 spiro atoms. The number of allylic oxidation sites excluding steroid dienone is 21. The van der Waals surface area contributed by atoms with E-state index in [0.717, 1.165) is 25.7 Å². The minimum Gasteiger partial charge on any atom is -0.367 e. The second kappa shape index (κ2) is 17.2. The van der Waals surface area contributed by atoms with Crippen LogP contribution in [0.5, 0.6) is 0 Å². The van der Waals surface area contributed by atoms with E-state index in [2.05, 4.69) is 166 Å². The summed E-state index contributed by atoms with van der Waals surface area (Å²) in [7, 11) is 0. The molecule has 0 saturated carbocycles. The third-order valence-corrected chi connectivity index (χ3v) is 7.64. The standard InChI is InChI=1S/C40H56O2/c1-31(2)17-13-20-34(5)23-15-25-35(6)24-14-21-32(3)18-11-12-19-33(4)22-16-26-36(7)27-28-38-40(10,42-38)30-29-37-39(8,9)41-37/h11-12,14-19,21-28,37-38H,13,20,29-30H2,1-10H3/b12-11+,21-14+,22-16+,25-15+,28-27+,32-18+,33-19+,34-23+,35-24+,36-26+. The van der Waals surface area contributed by atoms with Gasteiger partial charge >= 0.3 is 0 Å². The van der Waals surface area contributed by atoms with Gasteiger partial charge in [-0.3, -0.25) is 0 Å². The van der Waals surface area contributed by atoms with Crippen LogP contribution in [0.15, 0.2) is 131 Å². The molecule has 2 saturated heterocycles. The molecule has 0 radical (unpaired) electrons. The molecule has 2 rings (SSSR count). The normalized spacial score (nSPS) is 25.6. The number of epoxide rings is 2. The largest absolute Gasteiger partial charge is 0.367 e. The maximum absolute atomic E-state index is 5.96. The minimum absolute atomic E-state index is 0.0299. The zero-order chi connectivity index (χ0) is 31.2. The van der Waals surface area contributed by atoms with E-state index in [1.165, 1.54) is 33.4 Å². The first kappa shape index (κ1) is 35.3. The number of rotatable bonds is 16. The highest BCUT2D eigenvalue weighted by molar-refractivity contribution is 5.32.